The number of ether oxygens (including phenoxy) is 2. The molecule has 0 spiro atoms. The number of hydrogen-bond donors (Lipinski definition) is 0. The van der Waals surface area contributed by atoms with Crippen molar-refractivity contribution in [2.24, 2.45) is 0 Å². The third-order valence-electron chi connectivity index (χ3n) is 3.87. The van der Waals surface area contributed by atoms with Gasteiger partial charge in [-0.15, -0.1) is 0 Å². The first-order valence-electron chi connectivity index (χ1n) is 7.44. The van der Waals surface area contributed by atoms with Crippen LogP contribution in [0.15, 0.2) is 53.1 Å². The van der Waals surface area contributed by atoms with E-state index >= 15 is 0 Å². The molecule has 4 nitrogen and oxygen atoms in total. The van der Waals surface area contributed by atoms with Gasteiger partial charge in [-0.3, -0.25) is 4.79 Å². The van der Waals surface area contributed by atoms with Crippen LogP contribution in [-0.4, -0.2) is 20.0 Å². The monoisotopic (exact) mass is 310 g/mol. The Kier molecular flexibility index (Phi) is 4.33. The van der Waals surface area contributed by atoms with Crippen LogP contribution in [0.5, 0.6) is 11.5 Å². The topological polar surface area (TPSA) is 48.7 Å². The molecule has 0 atom stereocenters. The van der Waals surface area contributed by atoms with Crippen LogP contribution in [0, 0.1) is 0 Å². The van der Waals surface area contributed by atoms with Gasteiger partial charge in [0.2, 0.25) is 0 Å². The molecule has 2 aromatic carbocycles. The predicted molar refractivity (Wildman–Crippen MR) is 88.4 cm³/mol. The minimum absolute atomic E-state index is 0.110. The molecule has 0 aliphatic heterocycles. The van der Waals surface area contributed by atoms with Crippen LogP contribution < -0.4 is 9.47 Å². The summed E-state index contributed by atoms with van der Waals surface area (Å²) in [5.41, 5.74) is 2.31. The fraction of sp³-hybridized carbons (Fsp3) is 0.211. The zero-order valence-electron chi connectivity index (χ0n) is 13.2. The fourth-order valence-electron chi connectivity index (χ4n) is 2.74. The minimum Gasteiger partial charge on any atom is -0.496 e. The second-order valence-electron chi connectivity index (χ2n) is 5.22. The first-order valence-corrected chi connectivity index (χ1v) is 7.44. The summed E-state index contributed by atoms with van der Waals surface area (Å²) in [5.74, 6) is 1.49. The SMILES string of the molecule is COc1c(CCC(=O)c2ccccc2)cc(OC)c2occc12. The van der Waals surface area contributed by atoms with Crippen molar-refractivity contribution in [3.8, 4) is 11.5 Å². The lowest BCUT2D eigenvalue weighted by atomic mass is 10.0. The van der Waals surface area contributed by atoms with Gasteiger partial charge in [0.1, 0.15) is 5.75 Å². The van der Waals surface area contributed by atoms with Crippen LogP contribution >= 0.6 is 0 Å². The average Bonchev–Trinajstić information content (AvgIpc) is 3.08. The number of ketones is 1. The van der Waals surface area contributed by atoms with E-state index in [4.69, 9.17) is 13.9 Å². The van der Waals surface area contributed by atoms with Crippen molar-refractivity contribution in [2.45, 2.75) is 12.8 Å². The number of fused-ring (bicyclic) bond motifs is 1. The summed E-state index contributed by atoms with van der Waals surface area (Å²) in [4.78, 5) is 12.3. The van der Waals surface area contributed by atoms with Gasteiger partial charge in [-0.05, 0) is 24.1 Å². The molecule has 0 amide bonds. The molecule has 0 saturated carbocycles. The molecule has 118 valence electrons. The van der Waals surface area contributed by atoms with Gasteiger partial charge in [0, 0.05) is 12.0 Å². The summed E-state index contributed by atoms with van der Waals surface area (Å²) < 4.78 is 16.4. The van der Waals surface area contributed by atoms with Gasteiger partial charge in [0.05, 0.1) is 25.9 Å². The quantitative estimate of drug-likeness (QED) is 0.638. The Bertz CT molecular complexity index is 818. The molecule has 1 aromatic heterocycles. The van der Waals surface area contributed by atoms with Gasteiger partial charge >= 0.3 is 0 Å². The standard InChI is InChI=1S/C19H18O4/c1-21-17-12-14(18(22-2)15-10-11-23-19(15)17)8-9-16(20)13-6-4-3-5-7-13/h3-7,10-12H,8-9H2,1-2H3. The molecule has 3 aromatic rings. The Morgan fingerprint density at radius 2 is 1.87 bits per heavy atom. The van der Waals surface area contributed by atoms with Crippen molar-refractivity contribution in [1.29, 1.82) is 0 Å². The Labute approximate surface area is 134 Å². The predicted octanol–water partition coefficient (Wildman–Crippen LogP) is 4.27. The lowest BCUT2D eigenvalue weighted by Gasteiger charge is -2.12. The maximum Gasteiger partial charge on any atom is 0.179 e. The summed E-state index contributed by atoms with van der Waals surface area (Å²) in [7, 11) is 3.22. The molecule has 23 heavy (non-hydrogen) atoms. The largest absolute Gasteiger partial charge is 0.496 e. The summed E-state index contributed by atoms with van der Waals surface area (Å²) in [5, 5.41) is 0.856. The molecule has 0 N–H and O–H groups in total. The number of hydrogen-bond acceptors (Lipinski definition) is 4. The minimum atomic E-state index is 0.110. The molecule has 0 saturated heterocycles. The number of carbonyl (C=O) groups is 1. The van der Waals surface area contributed by atoms with Gasteiger partial charge in [-0.2, -0.15) is 0 Å². The van der Waals surface area contributed by atoms with E-state index in [2.05, 4.69) is 0 Å². The van der Waals surface area contributed by atoms with Crippen molar-refractivity contribution in [3.63, 3.8) is 0 Å². The van der Waals surface area contributed by atoms with E-state index in [0.717, 1.165) is 22.3 Å². The number of aryl methyl sites for hydroxylation is 1. The van der Waals surface area contributed by atoms with E-state index in [0.29, 0.717) is 24.2 Å². The Morgan fingerprint density at radius 1 is 1.09 bits per heavy atom. The molecule has 0 aliphatic carbocycles. The maximum atomic E-state index is 12.3. The summed E-state index contributed by atoms with van der Waals surface area (Å²) in [6.07, 6.45) is 2.59. The van der Waals surface area contributed by atoms with Gasteiger partial charge in [-0.1, -0.05) is 30.3 Å². The third-order valence-corrected chi connectivity index (χ3v) is 3.87. The Hall–Kier alpha value is -2.75. The first-order chi connectivity index (χ1) is 11.2. The molecule has 0 aliphatic rings. The fourth-order valence-corrected chi connectivity index (χ4v) is 2.74. The zero-order chi connectivity index (χ0) is 16.2. The van der Waals surface area contributed by atoms with E-state index in [-0.39, 0.29) is 5.78 Å². The second-order valence-corrected chi connectivity index (χ2v) is 5.22. The highest BCUT2D eigenvalue weighted by Crippen LogP contribution is 2.38. The molecule has 1 heterocycles. The Balaban J connectivity index is 1.89. The van der Waals surface area contributed by atoms with Crippen molar-refractivity contribution in [2.75, 3.05) is 14.2 Å². The molecule has 0 radical (unpaired) electrons. The van der Waals surface area contributed by atoms with Gasteiger partial charge in [0.15, 0.2) is 17.1 Å². The van der Waals surface area contributed by atoms with E-state index < -0.39 is 0 Å². The summed E-state index contributed by atoms with van der Waals surface area (Å²) >= 11 is 0. The van der Waals surface area contributed by atoms with Crippen LogP contribution in [0.3, 0.4) is 0 Å². The van der Waals surface area contributed by atoms with E-state index in [1.165, 1.54) is 0 Å². The number of furan rings is 1. The number of rotatable bonds is 6. The molecular weight excluding hydrogens is 292 g/mol. The second kappa shape index (κ2) is 6.57. The van der Waals surface area contributed by atoms with Crippen molar-refractivity contribution >= 4 is 16.8 Å². The zero-order valence-corrected chi connectivity index (χ0v) is 13.2. The lowest BCUT2D eigenvalue weighted by Crippen LogP contribution is -2.02. The lowest BCUT2D eigenvalue weighted by molar-refractivity contribution is 0.0982. The highest BCUT2D eigenvalue weighted by molar-refractivity contribution is 5.96. The van der Waals surface area contributed by atoms with E-state index in [9.17, 15) is 4.79 Å². The van der Waals surface area contributed by atoms with Crippen molar-refractivity contribution < 1.29 is 18.7 Å². The van der Waals surface area contributed by atoms with Crippen molar-refractivity contribution in [1.82, 2.24) is 0 Å². The van der Waals surface area contributed by atoms with Crippen molar-refractivity contribution in [3.05, 3.63) is 59.9 Å². The maximum absolute atomic E-state index is 12.3. The van der Waals surface area contributed by atoms with Gasteiger partial charge in [-0.25, -0.2) is 0 Å². The smallest absolute Gasteiger partial charge is 0.179 e. The van der Waals surface area contributed by atoms with Crippen LogP contribution in [0.1, 0.15) is 22.3 Å². The van der Waals surface area contributed by atoms with Crippen LogP contribution in [0.4, 0.5) is 0 Å². The normalized spacial score (nSPS) is 10.7. The third kappa shape index (κ3) is 2.93. The Morgan fingerprint density at radius 3 is 2.57 bits per heavy atom. The van der Waals surface area contributed by atoms with Gasteiger partial charge in [0.25, 0.3) is 0 Å². The van der Waals surface area contributed by atoms with Gasteiger partial charge < -0.3 is 13.9 Å². The van der Waals surface area contributed by atoms with Crippen LogP contribution in [-0.2, 0) is 6.42 Å². The van der Waals surface area contributed by atoms with Crippen LogP contribution in [0.2, 0.25) is 0 Å². The molecule has 0 unspecified atom stereocenters. The molecule has 3 rings (SSSR count). The molecule has 4 heteroatoms. The number of benzene rings is 2. The summed E-state index contributed by atoms with van der Waals surface area (Å²) in [6.45, 7) is 0. The number of Topliss-reactive ketones (excluding diaryl/α,β-unsaturated/α-hetero) is 1. The highest BCUT2D eigenvalue weighted by Gasteiger charge is 2.17. The number of carbonyl (C=O) groups excluding carboxylic acids is 1. The van der Waals surface area contributed by atoms with E-state index in [1.807, 2.05) is 42.5 Å². The summed E-state index contributed by atoms with van der Waals surface area (Å²) in [6, 6.07) is 13.0. The first kappa shape index (κ1) is 15.2. The number of methoxy groups -OCH3 is 2. The van der Waals surface area contributed by atoms with E-state index in [1.54, 1.807) is 20.5 Å². The average molecular weight is 310 g/mol. The highest BCUT2D eigenvalue weighted by atomic mass is 16.5. The molecule has 0 fully saturated rings. The molecular formula is C19H18O4. The van der Waals surface area contributed by atoms with Crippen LogP contribution in [0.25, 0.3) is 11.0 Å². The molecule has 0 bridgehead atoms.